The van der Waals surface area contributed by atoms with Crippen LogP contribution in [0.1, 0.15) is 5.56 Å². The SMILES string of the molecule is O=c1c(NCCc2ccccc2)nccn1-c1cccc(Cl)c1. The summed E-state index contributed by atoms with van der Waals surface area (Å²) in [5, 5.41) is 3.70. The average molecular weight is 326 g/mol. The van der Waals surface area contributed by atoms with Gasteiger partial charge in [0.1, 0.15) is 0 Å². The van der Waals surface area contributed by atoms with Crippen LogP contribution in [-0.2, 0) is 6.42 Å². The molecule has 0 saturated carbocycles. The van der Waals surface area contributed by atoms with Crippen molar-refractivity contribution in [3.05, 3.63) is 87.9 Å². The molecule has 3 aromatic rings. The zero-order valence-corrected chi connectivity index (χ0v) is 13.2. The van der Waals surface area contributed by atoms with Crippen molar-refractivity contribution in [2.45, 2.75) is 6.42 Å². The quantitative estimate of drug-likeness (QED) is 0.780. The third-order valence-corrected chi connectivity index (χ3v) is 3.71. The first kappa shape index (κ1) is 15.3. The van der Waals surface area contributed by atoms with Crippen LogP contribution in [0.5, 0.6) is 0 Å². The highest BCUT2D eigenvalue weighted by Crippen LogP contribution is 2.13. The van der Waals surface area contributed by atoms with Gasteiger partial charge in [0, 0.05) is 24.0 Å². The lowest BCUT2D eigenvalue weighted by Gasteiger charge is -2.09. The molecule has 0 aliphatic heterocycles. The van der Waals surface area contributed by atoms with Crippen molar-refractivity contribution in [2.75, 3.05) is 11.9 Å². The summed E-state index contributed by atoms with van der Waals surface area (Å²) in [7, 11) is 0. The first-order valence-electron chi connectivity index (χ1n) is 7.35. The number of nitrogens with zero attached hydrogens (tertiary/aromatic N) is 2. The minimum atomic E-state index is -0.192. The van der Waals surface area contributed by atoms with Crippen LogP contribution in [-0.4, -0.2) is 16.1 Å². The van der Waals surface area contributed by atoms with E-state index < -0.39 is 0 Å². The molecular weight excluding hydrogens is 310 g/mol. The summed E-state index contributed by atoms with van der Waals surface area (Å²) in [5.41, 5.74) is 1.74. The van der Waals surface area contributed by atoms with Gasteiger partial charge in [-0.2, -0.15) is 0 Å². The molecule has 3 rings (SSSR count). The minimum Gasteiger partial charge on any atom is -0.365 e. The maximum atomic E-state index is 12.5. The molecular formula is C18H16ClN3O. The van der Waals surface area contributed by atoms with Crippen molar-refractivity contribution in [2.24, 2.45) is 0 Å². The van der Waals surface area contributed by atoms with Crippen molar-refractivity contribution < 1.29 is 0 Å². The van der Waals surface area contributed by atoms with Crippen LogP contribution >= 0.6 is 11.6 Å². The Bertz CT molecular complexity index is 846. The Morgan fingerprint density at radius 3 is 2.70 bits per heavy atom. The Balaban J connectivity index is 1.76. The van der Waals surface area contributed by atoms with Crippen molar-refractivity contribution in [3.8, 4) is 5.69 Å². The van der Waals surface area contributed by atoms with Gasteiger partial charge in [-0.15, -0.1) is 0 Å². The number of hydrogen-bond donors (Lipinski definition) is 1. The van der Waals surface area contributed by atoms with Gasteiger partial charge in [0.2, 0.25) is 0 Å². The molecule has 0 bridgehead atoms. The molecule has 0 fully saturated rings. The van der Waals surface area contributed by atoms with Gasteiger partial charge in [0.05, 0.1) is 5.69 Å². The summed E-state index contributed by atoms with van der Waals surface area (Å²) in [4.78, 5) is 16.7. The molecule has 23 heavy (non-hydrogen) atoms. The Kier molecular flexibility index (Phi) is 4.74. The molecule has 1 N–H and O–H groups in total. The molecule has 4 nitrogen and oxygen atoms in total. The van der Waals surface area contributed by atoms with E-state index >= 15 is 0 Å². The number of halogens is 1. The number of benzene rings is 2. The highest BCUT2D eigenvalue weighted by molar-refractivity contribution is 6.30. The second-order valence-corrected chi connectivity index (χ2v) is 5.53. The van der Waals surface area contributed by atoms with E-state index in [0.29, 0.717) is 17.4 Å². The van der Waals surface area contributed by atoms with E-state index in [4.69, 9.17) is 11.6 Å². The fourth-order valence-electron chi connectivity index (χ4n) is 2.33. The molecule has 0 unspecified atom stereocenters. The maximum Gasteiger partial charge on any atom is 0.297 e. The fourth-order valence-corrected chi connectivity index (χ4v) is 2.52. The van der Waals surface area contributed by atoms with Gasteiger partial charge < -0.3 is 5.32 Å². The van der Waals surface area contributed by atoms with E-state index in [-0.39, 0.29) is 5.56 Å². The molecule has 1 heterocycles. The number of hydrogen-bond acceptors (Lipinski definition) is 3. The van der Waals surface area contributed by atoms with E-state index in [9.17, 15) is 4.79 Å². The maximum absolute atomic E-state index is 12.5. The molecule has 0 spiro atoms. The van der Waals surface area contributed by atoms with Crippen LogP contribution < -0.4 is 10.9 Å². The zero-order valence-electron chi connectivity index (χ0n) is 12.4. The van der Waals surface area contributed by atoms with Crippen LogP contribution in [0.4, 0.5) is 5.82 Å². The lowest BCUT2D eigenvalue weighted by molar-refractivity contribution is 0.932. The highest BCUT2D eigenvalue weighted by atomic mass is 35.5. The van der Waals surface area contributed by atoms with Crippen molar-refractivity contribution >= 4 is 17.4 Å². The lowest BCUT2D eigenvalue weighted by Crippen LogP contribution is -2.24. The Hall–Kier alpha value is -2.59. The number of rotatable bonds is 5. The van der Waals surface area contributed by atoms with Gasteiger partial charge in [-0.25, -0.2) is 4.98 Å². The molecule has 0 saturated heterocycles. The van der Waals surface area contributed by atoms with E-state index in [0.717, 1.165) is 12.1 Å². The molecule has 0 atom stereocenters. The van der Waals surface area contributed by atoms with Gasteiger partial charge in [-0.3, -0.25) is 9.36 Å². The van der Waals surface area contributed by atoms with Crippen LogP contribution in [0, 0.1) is 0 Å². The smallest absolute Gasteiger partial charge is 0.297 e. The van der Waals surface area contributed by atoms with Gasteiger partial charge in [-0.1, -0.05) is 48.0 Å². The van der Waals surface area contributed by atoms with E-state index in [2.05, 4.69) is 22.4 Å². The normalized spacial score (nSPS) is 10.5. The summed E-state index contributed by atoms with van der Waals surface area (Å²) in [6.07, 6.45) is 4.07. The van der Waals surface area contributed by atoms with E-state index in [1.807, 2.05) is 30.3 Å². The Morgan fingerprint density at radius 2 is 1.91 bits per heavy atom. The highest BCUT2D eigenvalue weighted by Gasteiger charge is 2.06. The second kappa shape index (κ2) is 7.11. The standard InChI is InChI=1S/C18H16ClN3O/c19-15-7-4-8-16(13-15)22-12-11-21-17(18(22)23)20-10-9-14-5-2-1-3-6-14/h1-8,11-13H,9-10H2,(H,20,21). The number of aromatic nitrogens is 2. The van der Waals surface area contributed by atoms with Gasteiger partial charge in [0.25, 0.3) is 5.56 Å². The second-order valence-electron chi connectivity index (χ2n) is 5.09. The van der Waals surface area contributed by atoms with Gasteiger partial charge >= 0.3 is 0 Å². The minimum absolute atomic E-state index is 0.192. The Morgan fingerprint density at radius 1 is 1.09 bits per heavy atom. The molecule has 1 aromatic heterocycles. The van der Waals surface area contributed by atoms with Gasteiger partial charge in [0.15, 0.2) is 5.82 Å². The predicted octanol–water partition coefficient (Wildman–Crippen LogP) is 3.54. The monoisotopic (exact) mass is 325 g/mol. The van der Waals surface area contributed by atoms with Crippen molar-refractivity contribution in [1.29, 1.82) is 0 Å². The molecule has 0 radical (unpaired) electrons. The largest absolute Gasteiger partial charge is 0.365 e. The van der Waals surface area contributed by atoms with Gasteiger partial charge in [-0.05, 0) is 30.2 Å². The van der Waals surface area contributed by atoms with Crippen LogP contribution in [0.2, 0.25) is 5.02 Å². The topological polar surface area (TPSA) is 46.9 Å². The summed E-state index contributed by atoms with van der Waals surface area (Å²) in [6.45, 7) is 0.645. The molecule has 0 amide bonds. The Labute approximate surface area is 139 Å². The lowest BCUT2D eigenvalue weighted by atomic mass is 10.1. The predicted molar refractivity (Wildman–Crippen MR) is 93.5 cm³/mol. The van der Waals surface area contributed by atoms with E-state index in [1.54, 1.807) is 24.5 Å². The summed E-state index contributed by atoms with van der Waals surface area (Å²) >= 11 is 5.99. The fraction of sp³-hybridized carbons (Fsp3) is 0.111. The molecule has 0 aliphatic rings. The van der Waals surface area contributed by atoms with Crippen molar-refractivity contribution in [3.63, 3.8) is 0 Å². The van der Waals surface area contributed by atoms with Crippen LogP contribution in [0.25, 0.3) is 5.69 Å². The number of nitrogens with one attached hydrogen (secondary N) is 1. The van der Waals surface area contributed by atoms with Crippen molar-refractivity contribution in [1.82, 2.24) is 9.55 Å². The third kappa shape index (κ3) is 3.79. The summed E-state index contributed by atoms with van der Waals surface area (Å²) < 4.78 is 1.53. The van der Waals surface area contributed by atoms with Crippen LogP contribution in [0.3, 0.4) is 0 Å². The molecule has 0 aliphatic carbocycles. The zero-order chi connectivity index (χ0) is 16.1. The first-order valence-corrected chi connectivity index (χ1v) is 7.73. The molecule has 2 aromatic carbocycles. The summed E-state index contributed by atoms with van der Waals surface area (Å²) in [5.74, 6) is 0.336. The van der Waals surface area contributed by atoms with Crippen LogP contribution in [0.15, 0.2) is 71.8 Å². The number of anilines is 1. The average Bonchev–Trinajstić information content (AvgIpc) is 2.57. The summed E-state index contributed by atoms with van der Waals surface area (Å²) in [6, 6.07) is 17.3. The molecule has 116 valence electrons. The third-order valence-electron chi connectivity index (χ3n) is 3.48. The van der Waals surface area contributed by atoms with E-state index in [1.165, 1.54) is 10.1 Å². The first-order chi connectivity index (χ1) is 11.2. The molecule has 5 heteroatoms.